The Morgan fingerprint density at radius 2 is 0.867 bits per heavy atom. The first-order valence-corrected chi connectivity index (χ1v) is 11.6. The molecule has 170 valence electrons. The Balaban J connectivity index is 1.89. The second-order valence-electron chi connectivity index (χ2n) is 13.5. The first-order chi connectivity index (χ1) is 13.5. The smallest absolute Gasteiger partial charge is 0.104 e. The maximum atomic E-state index is 5.84. The van der Waals surface area contributed by atoms with Crippen LogP contribution in [0, 0.1) is 21.7 Å². The van der Waals surface area contributed by atoms with Crippen LogP contribution >= 0.6 is 0 Å². The highest BCUT2D eigenvalue weighted by atomic mass is 16.3. The third-order valence-corrected chi connectivity index (χ3v) is 5.67. The number of hydrogen-bond acceptors (Lipinski definition) is 2. The summed E-state index contributed by atoms with van der Waals surface area (Å²) in [6.07, 6.45) is 10.5. The average molecular weight is 415 g/mol. The fraction of sp³-hybridized carbons (Fsp3) is 0.714. The highest BCUT2D eigenvalue weighted by molar-refractivity contribution is 5.17. The summed E-state index contributed by atoms with van der Waals surface area (Å²) in [5.74, 6) is 2.22. The minimum Gasteiger partial charge on any atom is -0.469 e. The molecule has 2 aromatic rings. The van der Waals surface area contributed by atoms with Gasteiger partial charge in [-0.3, -0.25) is 0 Å². The monoisotopic (exact) mass is 414 g/mol. The quantitative estimate of drug-likeness (QED) is 0.410. The van der Waals surface area contributed by atoms with Crippen LogP contribution in [0.15, 0.2) is 33.5 Å². The second kappa shape index (κ2) is 8.97. The van der Waals surface area contributed by atoms with E-state index in [-0.39, 0.29) is 21.7 Å². The molecule has 0 aromatic carbocycles. The molecule has 0 aliphatic carbocycles. The standard InChI is InChI=1S/C28H46O2/c1-25(2,3)17-23-13-21(19-29-23)15-27(7,8)11-12-28(9,10)16-22-14-24(30-20-22)18-26(4,5)6/h13-14,19-20H,11-12,15-18H2,1-10H3. The van der Waals surface area contributed by atoms with Crippen LogP contribution in [0.2, 0.25) is 0 Å². The summed E-state index contributed by atoms with van der Waals surface area (Å²) in [7, 11) is 0. The molecule has 0 amide bonds. The predicted molar refractivity (Wildman–Crippen MR) is 128 cm³/mol. The van der Waals surface area contributed by atoms with Gasteiger partial charge in [-0.1, -0.05) is 69.2 Å². The van der Waals surface area contributed by atoms with Crippen LogP contribution < -0.4 is 0 Å². The lowest BCUT2D eigenvalue weighted by molar-refractivity contribution is 0.236. The SMILES string of the molecule is CC(C)(C)Cc1cc(CC(C)(C)CCC(C)(C)Cc2coc(CC(C)(C)C)c2)co1. The van der Waals surface area contributed by atoms with E-state index in [1.807, 2.05) is 12.5 Å². The fourth-order valence-corrected chi connectivity index (χ4v) is 4.23. The molecule has 2 rings (SSSR count). The summed E-state index contributed by atoms with van der Waals surface area (Å²) >= 11 is 0. The topological polar surface area (TPSA) is 26.3 Å². The van der Waals surface area contributed by atoms with Gasteiger partial charge in [-0.25, -0.2) is 0 Å². The number of hydrogen-bond donors (Lipinski definition) is 0. The molecule has 0 radical (unpaired) electrons. The van der Waals surface area contributed by atoms with Crippen molar-refractivity contribution in [1.82, 2.24) is 0 Å². The molecule has 0 saturated heterocycles. The van der Waals surface area contributed by atoms with Crippen LogP contribution in [0.25, 0.3) is 0 Å². The summed E-state index contributed by atoms with van der Waals surface area (Å²) < 4.78 is 11.7. The van der Waals surface area contributed by atoms with Crippen molar-refractivity contribution in [3.63, 3.8) is 0 Å². The zero-order chi connectivity index (χ0) is 22.8. The first-order valence-electron chi connectivity index (χ1n) is 11.6. The molecule has 0 unspecified atom stereocenters. The Morgan fingerprint density at radius 1 is 0.533 bits per heavy atom. The van der Waals surface area contributed by atoms with Crippen LogP contribution in [0.1, 0.15) is 105 Å². The van der Waals surface area contributed by atoms with Gasteiger partial charge >= 0.3 is 0 Å². The van der Waals surface area contributed by atoms with E-state index in [9.17, 15) is 0 Å². The van der Waals surface area contributed by atoms with Crippen molar-refractivity contribution < 1.29 is 8.83 Å². The van der Waals surface area contributed by atoms with Gasteiger partial charge in [0.15, 0.2) is 0 Å². The van der Waals surface area contributed by atoms with Crippen molar-refractivity contribution in [2.45, 2.75) is 108 Å². The van der Waals surface area contributed by atoms with Gasteiger partial charge in [-0.05, 0) is 70.6 Å². The highest BCUT2D eigenvalue weighted by Gasteiger charge is 2.27. The molecule has 0 aliphatic rings. The summed E-state index contributed by atoms with van der Waals surface area (Å²) in [5, 5.41) is 0. The molecule has 0 spiro atoms. The van der Waals surface area contributed by atoms with Crippen molar-refractivity contribution in [3.8, 4) is 0 Å². The molecule has 0 fully saturated rings. The summed E-state index contributed by atoms with van der Waals surface area (Å²) in [6.45, 7) is 23.1. The summed E-state index contributed by atoms with van der Waals surface area (Å²) in [6, 6.07) is 4.53. The predicted octanol–water partition coefficient (Wildman–Crippen LogP) is 8.67. The van der Waals surface area contributed by atoms with E-state index in [1.54, 1.807) is 0 Å². The van der Waals surface area contributed by atoms with Gasteiger partial charge in [-0.2, -0.15) is 0 Å². The molecule has 0 aliphatic heterocycles. The normalized spacial score (nSPS) is 13.8. The molecule has 2 heterocycles. The maximum absolute atomic E-state index is 5.84. The molecular weight excluding hydrogens is 368 g/mol. The van der Waals surface area contributed by atoms with E-state index in [1.165, 1.54) is 24.0 Å². The van der Waals surface area contributed by atoms with Crippen molar-refractivity contribution in [2.75, 3.05) is 0 Å². The van der Waals surface area contributed by atoms with Gasteiger partial charge in [0.05, 0.1) is 12.5 Å². The zero-order valence-corrected chi connectivity index (χ0v) is 21.4. The van der Waals surface area contributed by atoms with Gasteiger partial charge in [0.2, 0.25) is 0 Å². The lowest BCUT2D eigenvalue weighted by atomic mass is 9.74. The van der Waals surface area contributed by atoms with Crippen LogP contribution in [0.4, 0.5) is 0 Å². The van der Waals surface area contributed by atoms with Crippen LogP contribution in [-0.2, 0) is 25.7 Å². The number of furan rings is 2. The maximum Gasteiger partial charge on any atom is 0.104 e. The van der Waals surface area contributed by atoms with E-state index in [0.29, 0.717) is 0 Å². The summed E-state index contributed by atoms with van der Waals surface area (Å²) in [5.41, 5.74) is 3.70. The molecule has 0 atom stereocenters. The molecule has 0 N–H and O–H groups in total. The third-order valence-electron chi connectivity index (χ3n) is 5.67. The first kappa shape index (κ1) is 24.8. The molecule has 0 saturated carbocycles. The van der Waals surface area contributed by atoms with Crippen LogP contribution in [0.5, 0.6) is 0 Å². The molecular formula is C28H46O2. The molecule has 30 heavy (non-hydrogen) atoms. The number of rotatable bonds is 9. The van der Waals surface area contributed by atoms with Gasteiger partial charge in [0.1, 0.15) is 11.5 Å². The Kier molecular flexibility index (Phi) is 7.42. The lowest BCUT2D eigenvalue weighted by Gasteiger charge is -2.31. The largest absolute Gasteiger partial charge is 0.469 e. The van der Waals surface area contributed by atoms with Crippen molar-refractivity contribution in [1.29, 1.82) is 0 Å². The van der Waals surface area contributed by atoms with Gasteiger partial charge in [0, 0.05) is 12.8 Å². The van der Waals surface area contributed by atoms with Gasteiger partial charge < -0.3 is 8.83 Å². The van der Waals surface area contributed by atoms with E-state index in [2.05, 4.69) is 81.4 Å². The Hall–Kier alpha value is -1.44. The fourth-order valence-electron chi connectivity index (χ4n) is 4.23. The van der Waals surface area contributed by atoms with E-state index < -0.39 is 0 Å². The summed E-state index contributed by atoms with van der Waals surface area (Å²) in [4.78, 5) is 0. The van der Waals surface area contributed by atoms with E-state index >= 15 is 0 Å². The van der Waals surface area contributed by atoms with Crippen molar-refractivity contribution in [3.05, 3.63) is 47.3 Å². The molecule has 2 nitrogen and oxygen atoms in total. The van der Waals surface area contributed by atoms with E-state index in [0.717, 1.165) is 37.2 Å². The Morgan fingerprint density at radius 3 is 1.17 bits per heavy atom. The molecule has 2 aromatic heterocycles. The minimum atomic E-state index is 0.258. The minimum absolute atomic E-state index is 0.258. The van der Waals surface area contributed by atoms with E-state index in [4.69, 9.17) is 8.83 Å². The van der Waals surface area contributed by atoms with Gasteiger partial charge in [0.25, 0.3) is 0 Å². The molecule has 0 bridgehead atoms. The van der Waals surface area contributed by atoms with Crippen molar-refractivity contribution in [2.24, 2.45) is 21.7 Å². The third kappa shape index (κ3) is 9.14. The molecule has 2 heteroatoms. The Bertz CT molecular complexity index is 719. The van der Waals surface area contributed by atoms with Crippen molar-refractivity contribution >= 4 is 0 Å². The Labute approximate surface area is 185 Å². The highest BCUT2D eigenvalue weighted by Crippen LogP contribution is 2.36. The van der Waals surface area contributed by atoms with Crippen LogP contribution in [-0.4, -0.2) is 0 Å². The average Bonchev–Trinajstić information content (AvgIpc) is 3.11. The van der Waals surface area contributed by atoms with Crippen LogP contribution in [0.3, 0.4) is 0 Å². The second-order valence-corrected chi connectivity index (χ2v) is 13.5. The lowest BCUT2D eigenvalue weighted by Crippen LogP contribution is -2.21. The van der Waals surface area contributed by atoms with Gasteiger partial charge in [-0.15, -0.1) is 0 Å². The zero-order valence-electron chi connectivity index (χ0n) is 21.4.